The van der Waals surface area contributed by atoms with Crippen LogP contribution < -0.4 is 0 Å². The molecule has 1 aromatic heterocycles. The van der Waals surface area contributed by atoms with Crippen molar-refractivity contribution in [3.8, 4) is 0 Å². The molecule has 0 radical (unpaired) electrons. The summed E-state index contributed by atoms with van der Waals surface area (Å²) < 4.78 is 0. The van der Waals surface area contributed by atoms with E-state index in [2.05, 4.69) is 14.8 Å². The van der Waals surface area contributed by atoms with Gasteiger partial charge in [0.25, 0.3) is 5.91 Å². The molecule has 0 unspecified atom stereocenters. The van der Waals surface area contributed by atoms with Crippen LogP contribution in [-0.4, -0.2) is 87.1 Å². The second-order valence-corrected chi connectivity index (χ2v) is 8.34. The van der Waals surface area contributed by atoms with Crippen LogP contribution in [0.5, 0.6) is 0 Å². The molecule has 0 bridgehead atoms. The molecule has 5 rings (SSSR count). The van der Waals surface area contributed by atoms with Crippen LogP contribution in [-0.2, 0) is 0 Å². The van der Waals surface area contributed by atoms with Gasteiger partial charge in [-0.05, 0) is 31.4 Å². The number of hydrogen-bond acceptors (Lipinski definition) is 5. The van der Waals surface area contributed by atoms with Crippen molar-refractivity contribution in [2.24, 2.45) is 0 Å². The molecular formula is C19H26N4O2. The summed E-state index contributed by atoms with van der Waals surface area (Å²) in [5.41, 5.74) is 0.702. The largest absolute Gasteiger partial charge is 0.392 e. The highest BCUT2D eigenvalue weighted by Crippen LogP contribution is 2.42. The maximum Gasteiger partial charge on any atom is 0.255 e. The fourth-order valence-electron chi connectivity index (χ4n) is 5.24. The van der Waals surface area contributed by atoms with Crippen molar-refractivity contribution in [1.29, 1.82) is 0 Å². The topological polar surface area (TPSA) is 59.9 Å². The Morgan fingerprint density at radius 3 is 2.72 bits per heavy atom. The molecule has 1 N–H and O–H groups in total. The summed E-state index contributed by atoms with van der Waals surface area (Å²) in [5.74, 6) is 0.0793. The number of aromatic nitrogens is 1. The Morgan fingerprint density at radius 2 is 2.04 bits per heavy atom. The third kappa shape index (κ3) is 2.50. The fourth-order valence-corrected chi connectivity index (χ4v) is 5.24. The lowest BCUT2D eigenvalue weighted by molar-refractivity contribution is -0.128. The van der Waals surface area contributed by atoms with E-state index >= 15 is 0 Å². The van der Waals surface area contributed by atoms with Crippen molar-refractivity contribution in [3.63, 3.8) is 0 Å². The molecule has 4 fully saturated rings. The highest BCUT2D eigenvalue weighted by Gasteiger charge is 2.57. The summed E-state index contributed by atoms with van der Waals surface area (Å²) in [6.07, 6.45) is 7.87. The van der Waals surface area contributed by atoms with Gasteiger partial charge in [0.2, 0.25) is 0 Å². The quantitative estimate of drug-likeness (QED) is 0.852. The van der Waals surface area contributed by atoms with Crippen molar-refractivity contribution in [2.45, 2.75) is 49.4 Å². The maximum atomic E-state index is 13.0. The number of piperazine rings is 1. The maximum absolute atomic E-state index is 13.0. The zero-order valence-corrected chi connectivity index (χ0v) is 14.5. The first-order valence-corrected chi connectivity index (χ1v) is 9.53. The Kier molecular flexibility index (Phi) is 3.62. The molecule has 6 nitrogen and oxygen atoms in total. The van der Waals surface area contributed by atoms with Crippen LogP contribution in [0.2, 0.25) is 0 Å². The first-order chi connectivity index (χ1) is 12.1. The Labute approximate surface area is 148 Å². The van der Waals surface area contributed by atoms with Gasteiger partial charge in [0.1, 0.15) is 0 Å². The third-order valence-corrected chi connectivity index (χ3v) is 6.70. The molecule has 1 saturated carbocycles. The Morgan fingerprint density at radius 1 is 1.20 bits per heavy atom. The minimum Gasteiger partial charge on any atom is -0.392 e. The molecule has 3 saturated heterocycles. The highest BCUT2D eigenvalue weighted by molar-refractivity contribution is 5.94. The molecule has 134 valence electrons. The van der Waals surface area contributed by atoms with Crippen LogP contribution in [0.15, 0.2) is 24.5 Å². The summed E-state index contributed by atoms with van der Waals surface area (Å²) >= 11 is 0. The normalized spacial score (nSPS) is 32.3. The highest BCUT2D eigenvalue weighted by atomic mass is 16.3. The van der Waals surface area contributed by atoms with E-state index in [4.69, 9.17) is 0 Å². The fraction of sp³-hybridized carbons (Fsp3) is 0.684. The number of hydrogen-bond donors (Lipinski definition) is 1. The van der Waals surface area contributed by atoms with Gasteiger partial charge in [0.05, 0.1) is 17.2 Å². The van der Waals surface area contributed by atoms with Gasteiger partial charge in [-0.2, -0.15) is 0 Å². The Balaban J connectivity index is 1.37. The third-order valence-electron chi connectivity index (χ3n) is 6.70. The summed E-state index contributed by atoms with van der Waals surface area (Å²) in [6, 6.07) is 4.70. The van der Waals surface area contributed by atoms with Crippen LogP contribution in [0.4, 0.5) is 0 Å². The molecule has 3 aliphatic heterocycles. The van der Waals surface area contributed by atoms with Gasteiger partial charge in [-0.1, -0.05) is 6.42 Å². The number of carbonyl (C=O) groups is 1. The van der Waals surface area contributed by atoms with Gasteiger partial charge in [-0.3, -0.25) is 19.6 Å². The molecule has 4 heterocycles. The lowest BCUT2D eigenvalue weighted by Crippen LogP contribution is -2.79. The summed E-state index contributed by atoms with van der Waals surface area (Å²) in [7, 11) is 0. The lowest BCUT2D eigenvalue weighted by Gasteiger charge is -2.63. The Hall–Kier alpha value is -1.50. The number of aliphatic hydroxyl groups is 1. The molecule has 4 aliphatic rings. The molecule has 1 amide bonds. The van der Waals surface area contributed by atoms with E-state index in [1.54, 1.807) is 12.4 Å². The van der Waals surface area contributed by atoms with Crippen LogP contribution in [0, 0.1) is 0 Å². The number of nitrogens with zero attached hydrogens (tertiary/aromatic N) is 4. The first kappa shape index (κ1) is 15.7. The molecule has 25 heavy (non-hydrogen) atoms. The number of amides is 1. The Bertz CT molecular complexity index is 657. The number of pyridine rings is 1. The van der Waals surface area contributed by atoms with Crippen LogP contribution >= 0.6 is 0 Å². The first-order valence-electron chi connectivity index (χ1n) is 9.53. The summed E-state index contributed by atoms with van der Waals surface area (Å²) in [4.78, 5) is 24.2. The van der Waals surface area contributed by atoms with E-state index in [0.29, 0.717) is 5.56 Å². The molecule has 1 aliphatic carbocycles. The van der Waals surface area contributed by atoms with Crippen molar-refractivity contribution in [1.82, 2.24) is 19.7 Å². The number of rotatable bonds is 2. The summed E-state index contributed by atoms with van der Waals surface area (Å²) in [6.45, 7) is 4.33. The van der Waals surface area contributed by atoms with Gasteiger partial charge in [0.15, 0.2) is 0 Å². The minimum atomic E-state index is -0.256. The average molecular weight is 342 g/mol. The van der Waals surface area contributed by atoms with E-state index in [9.17, 15) is 9.90 Å². The zero-order valence-electron chi connectivity index (χ0n) is 14.5. The lowest BCUT2D eigenvalue weighted by atomic mass is 9.79. The van der Waals surface area contributed by atoms with Crippen molar-refractivity contribution in [2.75, 3.05) is 32.7 Å². The number of likely N-dealkylation sites (tertiary alicyclic amines) is 1. The molecule has 2 atom stereocenters. The van der Waals surface area contributed by atoms with Crippen LogP contribution in [0.1, 0.15) is 36.0 Å². The second kappa shape index (κ2) is 5.76. The number of β-amino-alcohol motifs (C(OH)–C–C–N with tert-alkyl or cyclic N) is 1. The van der Waals surface area contributed by atoms with Crippen molar-refractivity contribution < 1.29 is 9.90 Å². The number of aliphatic hydroxyl groups excluding tert-OH is 1. The van der Waals surface area contributed by atoms with Gasteiger partial charge in [-0.25, -0.2) is 0 Å². The number of fused-ring (bicyclic) bond motifs is 2. The van der Waals surface area contributed by atoms with Crippen molar-refractivity contribution in [3.05, 3.63) is 30.1 Å². The van der Waals surface area contributed by atoms with E-state index in [1.807, 2.05) is 17.0 Å². The van der Waals surface area contributed by atoms with E-state index in [-0.39, 0.29) is 23.6 Å². The predicted molar refractivity (Wildman–Crippen MR) is 93.2 cm³/mol. The monoisotopic (exact) mass is 342 g/mol. The smallest absolute Gasteiger partial charge is 0.255 e. The van der Waals surface area contributed by atoms with E-state index in [0.717, 1.165) is 45.2 Å². The van der Waals surface area contributed by atoms with Gasteiger partial charge in [0, 0.05) is 57.2 Å². The average Bonchev–Trinajstić information content (AvgIpc) is 2.92. The number of carbonyl (C=O) groups excluding carboxylic acids is 1. The molecule has 1 aromatic rings. The van der Waals surface area contributed by atoms with Crippen LogP contribution in [0.25, 0.3) is 0 Å². The van der Waals surface area contributed by atoms with E-state index in [1.165, 1.54) is 19.3 Å². The molecular weight excluding hydrogens is 316 g/mol. The van der Waals surface area contributed by atoms with Crippen LogP contribution in [0.3, 0.4) is 0 Å². The molecule has 1 spiro atoms. The predicted octanol–water partition coefficient (Wildman–Crippen LogP) is 0.579. The zero-order chi connectivity index (χ0) is 17.0. The van der Waals surface area contributed by atoms with Gasteiger partial charge >= 0.3 is 0 Å². The molecule has 6 heteroatoms. The second-order valence-electron chi connectivity index (χ2n) is 8.34. The SMILES string of the molecule is O=C(c1cccnc1)N1C[C@H]2C[C@@H](O)CN2C2(C1)CN(C1CCC1)C2. The molecule has 0 aromatic carbocycles. The summed E-state index contributed by atoms with van der Waals surface area (Å²) in [5, 5.41) is 10.2. The van der Waals surface area contributed by atoms with Gasteiger partial charge < -0.3 is 10.0 Å². The van der Waals surface area contributed by atoms with Gasteiger partial charge in [-0.15, -0.1) is 0 Å². The van der Waals surface area contributed by atoms with Crippen molar-refractivity contribution >= 4 is 5.91 Å². The standard InChI is InChI=1S/C19H26N4O2/c24-17-7-16-9-21(18(25)14-3-2-6-20-8-14)11-19(23(16)10-17)12-22(13-19)15-4-1-5-15/h2-3,6,8,15-17,24H,1,4-5,7,9-13H2/t16-,17-/m1/s1. The van der Waals surface area contributed by atoms with E-state index < -0.39 is 0 Å². The minimum absolute atomic E-state index is 0.0356.